The number of likely N-dealkylation sites (N-methyl/N-ethyl adjacent to an activating group) is 1. The summed E-state index contributed by atoms with van der Waals surface area (Å²) in [4.78, 5) is 25.1. The Hall–Kier alpha value is -1.63. The van der Waals surface area contributed by atoms with Crippen LogP contribution in [0.5, 0.6) is 0 Å². The van der Waals surface area contributed by atoms with E-state index in [2.05, 4.69) is 25.6 Å². The molecule has 8 heteroatoms. The van der Waals surface area contributed by atoms with Crippen LogP contribution in [0.4, 0.5) is 11.9 Å². The molecule has 1 aromatic rings. The van der Waals surface area contributed by atoms with Gasteiger partial charge in [0, 0.05) is 33.1 Å². The Morgan fingerprint density at radius 3 is 2.72 bits per heavy atom. The van der Waals surface area contributed by atoms with E-state index in [9.17, 15) is 4.79 Å². The summed E-state index contributed by atoms with van der Waals surface area (Å²) in [5, 5.41) is 6.11. The third-order valence-corrected chi connectivity index (χ3v) is 2.96. The molecule has 2 heterocycles. The van der Waals surface area contributed by atoms with Crippen molar-refractivity contribution in [3.63, 3.8) is 0 Å². The van der Waals surface area contributed by atoms with Gasteiger partial charge in [-0.05, 0) is 18.0 Å². The molecule has 98 valence electrons. The van der Waals surface area contributed by atoms with E-state index in [0.717, 1.165) is 6.42 Å². The second-order valence-electron chi connectivity index (χ2n) is 4.16. The molecule has 0 radical (unpaired) electrons. The first-order valence-corrected chi connectivity index (χ1v) is 6.06. The van der Waals surface area contributed by atoms with Crippen molar-refractivity contribution >= 4 is 29.4 Å². The molecular weight excluding hydrogens is 256 g/mol. The molecule has 0 bridgehead atoms. The van der Waals surface area contributed by atoms with E-state index in [1.165, 1.54) is 0 Å². The number of likely N-dealkylation sites (tertiary alicyclic amines) is 1. The first kappa shape index (κ1) is 12.8. The topological polar surface area (TPSA) is 83.0 Å². The van der Waals surface area contributed by atoms with Crippen molar-refractivity contribution in [2.75, 3.05) is 31.3 Å². The summed E-state index contributed by atoms with van der Waals surface area (Å²) >= 11 is 5.79. The van der Waals surface area contributed by atoms with Crippen LogP contribution in [0, 0.1) is 0 Å². The van der Waals surface area contributed by atoms with Crippen LogP contribution in [0.3, 0.4) is 0 Å². The summed E-state index contributed by atoms with van der Waals surface area (Å²) in [5.74, 6) is 1.00. The number of piperidine rings is 1. The molecule has 1 amide bonds. The van der Waals surface area contributed by atoms with E-state index in [0.29, 0.717) is 24.9 Å². The molecule has 2 rings (SSSR count). The lowest BCUT2D eigenvalue weighted by atomic mass is 10.1. The van der Waals surface area contributed by atoms with E-state index in [-0.39, 0.29) is 17.2 Å². The molecular formula is C10H15ClN6O. The minimum Gasteiger partial charge on any atom is -0.357 e. The number of anilines is 2. The van der Waals surface area contributed by atoms with Crippen molar-refractivity contribution in [3.05, 3.63) is 5.28 Å². The molecule has 18 heavy (non-hydrogen) atoms. The second kappa shape index (κ2) is 5.34. The van der Waals surface area contributed by atoms with Crippen molar-refractivity contribution in [3.8, 4) is 0 Å². The zero-order valence-corrected chi connectivity index (χ0v) is 11.0. The van der Waals surface area contributed by atoms with Crippen LogP contribution < -0.4 is 10.6 Å². The number of nitrogens with one attached hydrogen (secondary N) is 2. The molecule has 2 N–H and O–H groups in total. The van der Waals surface area contributed by atoms with E-state index in [1.54, 1.807) is 19.0 Å². The van der Waals surface area contributed by atoms with Crippen LogP contribution in [0.2, 0.25) is 5.28 Å². The summed E-state index contributed by atoms with van der Waals surface area (Å²) < 4.78 is 0. The summed E-state index contributed by atoms with van der Waals surface area (Å²) in [7, 11) is 3.50. The zero-order chi connectivity index (χ0) is 13.1. The Bertz CT molecular complexity index is 454. The molecule has 0 spiro atoms. The number of aromatic nitrogens is 3. The van der Waals surface area contributed by atoms with Gasteiger partial charge in [0.2, 0.25) is 23.1 Å². The summed E-state index contributed by atoms with van der Waals surface area (Å²) in [6, 6.07) is 0.135. The Kier molecular flexibility index (Phi) is 3.81. The number of rotatable bonds is 3. The third-order valence-electron chi connectivity index (χ3n) is 2.79. The predicted molar refractivity (Wildman–Crippen MR) is 68.7 cm³/mol. The highest BCUT2D eigenvalue weighted by atomic mass is 35.5. The maximum Gasteiger partial charge on any atom is 0.229 e. The van der Waals surface area contributed by atoms with E-state index in [4.69, 9.17) is 11.6 Å². The smallest absolute Gasteiger partial charge is 0.229 e. The molecule has 1 aromatic heterocycles. The molecule has 7 nitrogen and oxygen atoms in total. The van der Waals surface area contributed by atoms with Crippen LogP contribution in [-0.2, 0) is 4.79 Å². The minimum atomic E-state index is 0.135. The fourth-order valence-electron chi connectivity index (χ4n) is 1.84. The lowest BCUT2D eigenvalue weighted by molar-refractivity contribution is -0.132. The predicted octanol–water partition coefficient (Wildman–Crippen LogP) is 0.599. The van der Waals surface area contributed by atoms with Gasteiger partial charge in [-0.25, -0.2) is 0 Å². The second-order valence-corrected chi connectivity index (χ2v) is 4.49. The molecule has 0 saturated carbocycles. The highest BCUT2D eigenvalue weighted by Gasteiger charge is 2.23. The maximum atomic E-state index is 11.4. The molecule has 1 aliphatic heterocycles. The molecule has 1 saturated heterocycles. The quantitative estimate of drug-likeness (QED) is 0.837. The first-order chi connectivity index (χ1) is 8.58. The van der Waals surface area contributed by atoms with Gasteiger partial charge in [-0.15, -0.1) is 0 Å². The Balaban J connectivity index is 2.05. The van der Waals surface area contributed by atoms with E-state index >= 15 is 0 Å². The van der Waals surface area contributed by atoms with Gasteiger partial charge in [-0.1, -0.05) is 0 Å². The van der Waals surface area contributed by atoms with Gasteiger partial charge in [0.25, 0.3) is 0 Å². The Morgan fingerprint density at radius 2 is 2.06 bits per heavy atom. The lowest BCUT2D eigenvalue weighted by Crippen LogP contribution is -2.43. The van der Waals surface area contributed by atoms with Gasteiger partial charge >= 0.3 is 0 Å². The Labute approximate surface area is 110 Å². The van der Waals surface area contributed by atoms with E-state index in [1.807, 2.05) is 0 Å². The average molecular weight is 271 g/mol. The van der Waals surface area contributed by atoms with Crippen molar-refractivity contribution in [1.29, 1.82) is 0 Å². The molecule has 1 atom stereocenters. The van der Waals surface area contributed by atoms with Crippen LogP contribution in [-0.4, -0.2) is 52.4 Å². The molecule has 1 aliphatic rings. The average Bonchev–Trinajstić information content (AvgIpc) is 2.33. The molecule has 0 aromatic carbocycles. The number of amides is 1. The molecule has 1 unspecified atom stereocenters. The zero-order valence-electron chi connectivity index (χ0n) is 10.3. The van der Waals surface area contributed by atoms with Crippen LogP contribution in [0.1, 0.15) is 12.8 Å². The van der Waals surface area contributed by atoms with Crippen molar-refractivity contribution < 1.29 is 4.79 Å². The number of carbonyl (C=O) groups excluding carboxylic acids is 1. The normalized spacial score (nSPS) is 19.8. The van der Waals surface area contributed by atoms with Gasteiger partial charge < -0.3 is 15.5 Å². The number of halogens is 1. The van der Waals surface area contributed by atoms with Gasteiger partial charge in [-0.3, -0.25) is 4.79 Å². The van der Waals surface area contributed by atoms with E-state index < -0.39 is 0 Å². The minimum absolute atomic E-state index is 0.135. The SMILES string of the molecule is CNc1nc(Cl)nc(NC2CCC(=O)N(C)C2)n1. The maximum absolute atomic E-state index is 11.4. The summed E-state index contributed by atoms with van der Waals surface area (Å²) in [6.45, 7) is 0.636. The van der Waals surface area contributed by atoms with Crippen molar-refractivity contribution in [1.82, 2.24) is 19.9 Å². The highest BCUT2D eigenvalue weighted by Crippen LogP contribution is 2.15. The Morgan fingerprint density at radius 1 is 1.33 bits per heavy atom. The number of nitrogens with zero attached hydrogens (tertiary/aromatic N) is 4. The third kappa shape index (κ3) is 2.98. The van der Waals surface area contributed by atoms with Crippen LogP contribution in [0.25, 0.3) is 0 Å². The number of carbonyl (C=O) groups is 1. The summed E-state index contributed by atoms with van der Waals surface area (Å²) in [6.07, 6.45) is 1.30. The van der Waals surface area contributed by atoms with Gasteiger partial charge in [-0.2, -0.15) is 15.0 Å². The number of hydrogen-bond acceptors (Lipinski definition) is 6. The largest absolute Gasteiger partial charge is 0.357 e. The first-order valence-electron chi connectivity index (χ1n) is 5.68. The van der Waals surface area contributed by atoms with Gasteiger partial charge in [0.15, 0.2) is 0 Å². The van der Waals surface area contributed by atoms with Gasteiger partial charge in [0.1, 0.15) is 0 Å². The highest BCUT2D eigenvalue weighted by molar-refractivity contribution is 6.28. The fourth-order valence-corrected chi connectivity index (χ4v) is 2.00. The van der Waals surface area contributed by atoms with Crippen molar-refractivity contribution in [2.24, 2.45) is 0 Å². The molecule has 1 fully saturated rings. The monoisotopic (exact) mass is 270 g/mol. The number of hydrogen-bond donors (Lipinski definition) is 2. The standard InChI is InChI=1S/C10H15ClN6O/c1-12-9-14-8(11)15-10(16-9)13-6-3-4-7(18)17(2)5-6/h6H,3-5H2,1-2H3,(H2,12,13,14,15,16). The summed E-state index contributed by atoms with van der Waals surface area (Å²) in [5.41, 5.74) is 0. The van der Waals surface area contributed by atoms with Gasteiger partial charge in [0.05, 0.1) is 0 Å². The van der Waals surface area contributed by atoms with Crippen LogP contribution >= 0.6 is 11.6 Å². The molecule has 0 aliphatic carbocycles. The van der Waals surface area contributed by atoms with Crippen molar-refractivity contribution in [2.45, 2.75) is 18.9 Å². The fraction of sp³-hybridized carbons (Fsp3) is 0.600. The van der Waals surface area contributed by atoms with Crippen LogP contribution in [0.15, 0.2) is 0 Å². The lowest BCUT2D eigenvalue weighted by Gasteiger charge is -2.30.